The van der Waals surface area contributed by atoms with Gasteiger partial charge in [0.2, 0.25) is 0 Å². The molecule has 2 rings (SSSR count). The van der Waals surface area contributed by atoms with Crippen LogP contribution in [0.1, 0.15) is 37.3 Å². The van der Waals surface area contributed by atoms with E-state index in [1.54, 1.807) is 6.20 Å². The summed E-state index contributed by atoms with van der Waals surface area (Å²) in [6, 6.07) is 10.8. The number of hydrogen-bond acceptors (Lipinski definition) is 2. The maximum atomic E-state index is 4.16. The highest BCUT2D eigenvalue weighted by Crippen LogP contribution is 2.20. The number of nitrogens with zero attached hydrogens (tertiary/aromatic N) is 1. The smallest absolute Gasteiger partial charge is 0.0416 e. The zero-order chi connectivity index (χ0) is 13.7. The molecular weight excluding hydrogens is 300 g/mol. The SMILES string of the molecule is CCC(C)c1ccc(NCc2cncc(Br)c2)cc1. The van der Waals surface area contributed by atoms with Gasteiger partial charge in [-0.25, -0.2) is 0 Å². The van der Waals surface area contributed by atoms with Crippen molar-refractivity contribution in [2.45, 2.75) is 32.7 Å². The van der Waals surface area contributed by atoms with Crippen LogP contribution in [0.2, 0.25) is 0 Å². The summed E-state index contributed by atoms with van der Waals surface area (Å²) in [5.74, 6) is 0.628. The monoisotopic (exact) mass is 318 g/mol. The van der Waals surface area contributed by atoms with Gasteiger partial charge < -0.3 is 5.32 Å². The van der Waals surface area contributed by atoms with Crippen molar-refractivity contribution < 1.29 is 0 Å². The Kier molecular flexibility index (Phi) is 4.97. The molecule has 0 aliphatic rings. The van der Waals surface area contributed by atoms with Crippen LogP contribution in [0, 0.1) is 0 Å². The Morgan fingerprint density at radius 2 is 1.95 bits per heavy atom. The van der Waals surface area contributed by atoms with Gasteiger partial charge in [0.05, 0.1) is 0 Å². The minimum atomic E-state index is 0.628. The number of hydrogen-bond donors (Lipinski definition) is 1. The fraction of sp³-hybridized carbons (Fsp3) is 0.312. The van der Waals surface area contributed by atoms with Crippen LogP contribution in [-0.4, -0.2) is 4.98 Å². The maximum absolute atomic E-state index is 4.16. The second kappa shape index (κ2) is 6.71. The summed E-state index contributed by atoms with van der Waals surface area (Å²) in [4.78, 5) is 4.16. The predicted molar refractivity (Wildman–Crippen MR) is 84.4 cm³/mol. The van der Waals surface area contributed by atoms with Crippen LogP contribution >= 0.6 is 15.9 Å². The zero-order valence-corrected chi connectivity index (χ0v) is 12.9. The van der Waals surface area contributed by atoms with Gasteiger partial charge in [-0.2, -0.15) is 0 Å². The van der Waals surface area contributed by atoms with Crippen LogP contribution < -0.4 is 5.32 Å². The highest BCUT2D eigenvalue weighted by atomic mass is 79.9. The lowest BCUT2D eigenvalue weighted by molar-refractivity contribution is 0.734. The first-order chi connectivity index (χ1) is 9.19. The Labute approximate surface area is 123 Å². The third kappa shape index (κ3) is 4.06. The lowest BCUT2D eigenvalue weighted by atomic mass is 9.99. The van der Waals surface area contributed by atoms with Crippen molar-refractivity contribution in [2.24, 2.45) is 0 Å². The summed E-state index contributed by atoms with van der Waals surface area (Å²) < 4.78 is 1.01. The molecule has 2 aromatic rings. The molecule has 0 spiro atoms. The summed E-state index contributed by atoms with van der Waals surface area (Å²) >= 11 is 3.43. The Hall–Kier alpha value is -1.35. The average Bonchev–Trinajstić information content (AvgIpc) is 2.45. The molecule has 100 valence electrons. The molecule has 2 nitrogen and oxygen atoms in total. The van der Waals surface area contributed by atoms with E-state index >= 15 is 0 Å². The molecule has 0 fully saturated rings. The van der Waals surface area contributed by atoms with Crippen molar-refractivity contribution in [1.82, 2.24) is 4.98 Å². The van der Waals surface area contributed by atoms with Crippen molar-refractivity contribution in [3.8, 4) is 0 Å². The molecule has 0 aliphatic carbocycles. The molecule has 0 radical (unpaired) electrons. The summed E-state index contributed by atoms with van der Waals surface area (Å²) in [5, 5.41) is 3.41. The minimum Gasteiger partial charge on any atom is -0.381 e. The normalized spacial score (nSPS) is 12.2. The van der Waals surface area contributed by atoms with E-state index < -0.39 is 0 Å². The van der Waals surface area contributed by atoms with E-state index in [0.29, 0.717) is 5.92 Å². The van der Waals surface area contributed by atoms with Gasteiger partial charge in [0.15, 0.2) is 0 Å². The largest absolute Gasteiger partial charge is 0.381 e. The van der Waals surface area contributed by atoms with E-state index in [1.807, 2.05) is 6.20 Å². The average molecular weight is 319 g/mol. The van der Waals surface area contributed by atoms with E-state index in [1.165, 1.54) is 17.5 Å². The highest BCUT2D eigenvalue weighted by molar-refractivity contribution is 9.10. The van der Waals surface area contributed by atoms with Crippen LogP contribution in [0.4, 0.5) is 5.69 Å². The van der Waals surface area contributed by atoms with Gasteiger partial charge in [-0.05, 0) is 57.6 Å². The van der Waals surface area contributed by atoms with Gasteiger partial charge in [-0.3, -0.25) is 4.98 Å². The maximum Gasteiger partial charge on any atom is 0.0416 e. The third-order valence-electron chi connectivity index (χ3n) is 3.35. The van der Waals surface area contributed by atoms with Crippen molar-refractivity contribution >= 4 is 21.6 Å². The summed E-state index contributed by atoms with van der Waals surface area (Å²) in [6.07, 6.45) is 4.85. The van der Waals surface area contributed by atoms with Crippen molar-refractivity contribution in [1.29, 1.82) is 0 Å². The first-order valence-corrected chi connectivity index (χ1v) is 7.41. The lowest BCUT2D eigenvalue weighted by Crippen LogP contribution is -2.00. The van der Waals surface area contributed by atoms with Gasteiger partial charge in [-0.1, -0.05) is 26.0 Å². The van der Waals surface area contributed by atoms with Gasteiger partial charge in [0.25, 0.3) is 0 Å². The van der Waals surface area contributed by atoms with E-state index in [4.69, 9.17) is 0 Å². The molecule has 0 aliphatic heterocycles. The number of benzene rings is 1. The molecule has 19 heavy (non-hydrogen) atoms. The molecule has 1 aromatic heterocycles. The molecule has 3 heteroatoms. The van der Waals surface area contributed by atoms with Crippen LogP contribution in [0.15, 0.2) is 47.2 Å². The van der Waals surface area contributed by atoms with E-state index in [-0.39, 0.29) is 0 Å². The Bertz CT molecular complexity index is 523. The first-order valence-electron chi connectivity index (χ1n) is 6.62. The fourth-order valence-electron chi connectivity index (χ4n) is 1.92. The molecule has 1 aromatic carbocycles. The number of anilines is 1. The Morgan fingerprint density at radius 3 is 2.58 bits per heavy atom. The Balaban J connectivity index is 1.96. The molecule has 0 amide bonds. The Morgan fingerprint density at radius 1 is 1.21 bits per heavy atom. The molecule has 1 unspecified atom stereocenters. The van der Waals surface area contributed by atoms with Crippen LogP contribution in [0.3, 0.4) is 0 Å². The minimum absolute atomic E-state index is 0.628. The summed E-state index contributed by atoms with van der Waals surface area (Å²) in [7, 11) is 0. The van der Waals surface area contributed by atoms with Crippen molar-refractivity contribution in [3.05, 3.63) is 58.3 Å². The molecule has 1 atom stereocenters. The molecule has 0 bridgehead atoms. The highest BCUT2D eigenvalue weighted by Gasteiger charge is 2.02. The summed E-state index contributed by atoms with van der Waals surface area (Å²) in [5.41, 5.74) is 3.71. The molecule has 1 N–H and O–H groups in total. The number of rotatable bonds is 5. The summed E-state index contributed by atoms with van der Waals surface area (Å²) in [6.45, 7) is 5.27. The first kappa shape index (κ1) is 14.1. The van der Waals surface area contributed by atoms with E-state index in [2.05, 4.69) is 70.4 Å². The number of aromatic nitrogens is 1. The quantitative estimate of drug-likeness (QED) is 0.841. The predicted octanol–water partition coefficient (Wildman–Crippen LogP) is 4.97. The number of pyridine rings is 1. The van der Waals surface area contributed by atoms with Crippen molar-refractivity contribution in [3.63, 3.8) is 0 Å². The number of halogens is 1. The molecule has 0 saturated heterocycles. The fourth-order valence-corrected chi connectivity index (χ4v) is 2.33. The number of nitrogens with one attached hydrogen (secondary N) is 1. The van der Waals surface area contributed by atoms with Crippen molar-refractivity contribution in [2.75, 3.05) is 5.32 Å². The standard InChI is InChI=1S/C16H19BrN2/c1-3-12(2)14-4-6-16(7-5-14)19-10-13-8-15(17)11-18-9-13/h4-9,11-12,19H,3,10H2,1-2H3. The molecule has 1 heterocycles. The third-order valence-corrected chi connectivity index (χ3v) is 3.78. The second-order valence-electron chi connectivity index (χ2n) is 4.80. The molecule has 0 saturated carbocycles. The van der Waals surface area contributed by atoms with Gasteiger partial charge in [0.1, 0.15) is 0 Å². The topological polar surface area (TPSA) is 24.9 Å². The second-order valence-corrected chi connectivity index (χ2v) is 5.71. The molecular formula is C16H19BrN2. The lowest BCUT2D eigenvalue weighted by Gasteiger charge is -2.11. The van der Waals surface area contributed by atoms with E-state index in [0.717, 1.165) is 16.7 Å². The van der Waals surface area contributed by atoms with Gasteiger partial charge >= 0.3 is 0 Å². The van der Waals surface area contributed by atoms with Crippen LogP contribution in [-0.2, 0) is 6.54 Å². The van der Waals surface area contributed by atoms with Crippen LogP contribution in [0.25, 0.3) is 0 Å². The van der Waals surface area contributed by atoms with Gasteiger partial charge in [-0.15, -0.1) is 0 Å². The zero-order valence-electron chi connectivity index (χ0n) is 11.4. The van der Waals surface area contributed by atoms with Crippen LogP contribution in [0.5, 0.6) is 0 Å². The van der Waals surface area contributed by atoms with Gasteiger partial charge in [0, 0.05) is 29.1 Å². The van der Waals surface area contributed by atoms with E-state index in [9.17, 15) is 0 Å².